The van der Waals surface area contributed by atoms with Crippen LogP contribution in [-0.2, 0) is 5.41 Å². The molecule has 214 valence electrons. The predicted octanol–water partition coefficient (Wildman–Crippen LogP) is 10.1. The molecule has 1 saturated carbocycles. The largest absolute Gasteiger partial charge is 0.254 e. The zero-order valence-corrected chi connectivity index (χ0v) is 24.8. The van der Waals surface area contributed by atoms with Gasteiger partial charge in [0, 0.05) is 50.5 Å². The van der Waals surface area contributed by atoms with Crippen molar-refractivity contribution in [2.45, 2.75) is 31.1 Å². The molecular weight excluding hydrogens is 548 g/mol. The number of hydrogen-bond donors (Lipinski definition) is 0. The van der Waals surface area contributed by atoms with Crippen LogP contribution in [0.25, 0.3) is 66.1 Å². The normalized spacial score (nSPS) is 14.5. The Morgan fingerprint density at radius 1 is 0.400 bits per heavy atom. The number of aromatic nitrogens is 4. The van der Waals surface area contributed by atoms with Crippen LogP contribution < -0.4 is 0 Å². The topological polar surface area (TPSA) is 51.6 Å². The molecule has 4 aromatic carbocycles. The first-order valence-corrected chi connectivity index (χ1v) is 15.8. The van der Waals surface area contributed by atoms with Crippen molar-refractivity contribution in [3.05, 3.63) is 145 Å². The lowest BCUT2D eigenvalue weighted by molar-refractivity contribution is 0.535. The Morgan fingerprint density at radius 3 is 1.24 bits per heavy atom. The average Bonchev–Trinajstić information content (AvgIpc) is 3.63. The Balaban J connectivity index is 1.05. The van der Waals surface area contributed by atoms with Crippen LogP contribution >= 0.6 is 0 Å². The van der Waals surface area contributed by atoms with Gasteiger partial charge in [-0.1, -0.05) is 110 Å². The van der Waals surface area contributed by atoms with E-state index in [0.29, 0.717) is 0 Å². The van der Waals surface area contributed by atoms with Gasteiger partial charge in [0.25, 0.3) is 0 Å². The van der Waals surface area contributed by atoms with Gasteiger partial charge in [-0.25, -0.2) is 9.97 Å². The summed E-state index contributed by atoms with van der Waals surface area (Å²) < 4.78 is 0. The molecule has 1 aliphatic rings. The molecule has 4 nitrogen and oxygen atoms in total. The molecule has 8 aromatic rings. The fourth-order valence-electron chi connectivity index (χ4n) is 7.41. The van der Waals surface area contributed by atoms with Crippen LogP contribution in [0, 0.1) is 0 Å². The monoisotopic (exact) mass is 578 g/mol. The summed E-state index contributed by atoms with van der Waals surface area (Å²) in [6.07, 6.45) is 8.48. The number of rotatable bonds is 4. The van der Waals surface area contributed by atoms with Crippen LogP contribution in [0.5, 0.6) is 0 Å². The van der Waals surface area contributed by atoms with E-state index in [-0.39, 0.29) is 5.41 Å². The molecule has 0 bridgehead atoms. The first kappa shape index (κ1) is 26.0. The molecule has 0 unspecified atom stereocenters. The second-order valence-corrected chi connectivity index (χ2v) is 12.3. The highest BCUT2D eigenvalue weighted by molar-refractivity contribution is 6.04. The highest BCUT2D eigenvalue weighted by Crippen LogP contribution is 2.47. The highest BCUT2D eigenvalue weighted by atomic mass is 14.8. The minimum atomic E-state index is 0.0188. The second kappa shape index (κ2) is 10.3. The summed E-state index contributed by atoms with van der Waals surface area (Å²) in [4.78, 5) is 19.4. The molecule has 4 heterocycles. The lowest BCUT2D eigenvalue weighted by atomic mass is 9.73. The van der Waals surface area contributed by atoms with Crippen molar-refractivity contribution in [2.75, 3.05) is 0 Å². The molecule has 0 atom stereocenters. The summed E-state index contributed by atoms with van der Waals surface area (Å²) in [5.74, 6) is 0. The summed E-state index contributed by atoms with van der Waals surface area (Å²) in [7, 11) is 0. The fraction of sp³-hybridized carbons (Fsp3) is 0.122. The van der Waals surface area contributed by atoms with Gasteiger partial charge in [-0.2, -0.15) is 0 Å². The van der Waals surface area contributed by atoms with Gasteiger partial charge >= 0.3 is 0 Å². The van der Waals surface area contributed by atoms with Crippen molar-refractivity contribution in [1.82, 2.24) is 19.9 Å². The Bertz CT molecular complexity index is 2210. The van der Waals surface area contributed by atoms with E-state index in [0.717, 1.165) is 79.0 Å². The first-order chi connectivity index (χ1) is 22.2. The van der Waals surface area contributed by atoms with Gasteiger partial charge in [-0.15, -0.1) is 0 Å². The predicted molar refractivity (Wildman–Crippen MR) is 184 cm³/mol. The van der Waals surface area contributed by atoms with Crippen molar-refractivity contribution in [2.24, 2.45) is 0 Å². The van der Waals surface area contributed by atoms with Crippen LogP contribution in [-0.4, -0.2) is 19.9 Å². The molecule has 0 N–H and O–H groups in total. The Hall–Kier alpha value is -5.48. The van der Waals surface area contributed by atoms with Gasteiger partial charge in [-0.05, 0) is 48.2 Å². The van der Waals surface area contributed by atoms with E-state index in [1.54, 1.807) is 0 Å². The van der Waals surface area contributed by atoms with E-state index in [9.17, 15) is 0 Å². The van der Waals surface area contributed by atoms with Crippen molar-refractivity contribution in [1.29, 1.82) is 0 Å². The number of benzene rings is 4. The second-order valence-electron chi connectivity index (χ2n) is 12.3. The SMILES string of the molecule is c1cnc2c(c1)ccc1ccc(-c3ccc(C4(c5ccc(-c6ccc7ccc8cccnc8c7n6)cc5)CCCC4)cc3)nc12. The molecule has 0 aliphatic heterocycles. The number of fused-ring (bicyclic) bond motifs is 6. The molecule has 0 radical (unpaired) electrons. The zero-order valence-electron chi connectivity index (χ0n) is 24.8. The lowest BCUT2D eigenvalue weighted by Gasteiger charge is -2.31. The summed E-state index contributed by atoms with van der Waals surface area (Å²) >= 11 is 0. The highest BCUT2D eigenvalue weighted by Gasteiger charge is 2.37. The molecule has 0 spiro atoms. The molecule has 45 heavy (non-hydrogen) atoms. The molecule has 4 heteroatoms. The first-order valence-electron chi connectivity index (χ1n) is 15.8. The van der Waals surface area contributed by atoms with Crippen molar-refractivity contribution in [3.8, 4) is 22.5 Å². The maximum Gasteiger partial charge on any atom is 0.0972 e. The Labute approximate surface area is 261 Å². The van der Waals surface area contributed by atoms with Crippen molar-refractivity contribution in [3.63, 3.8) is 0 Å². The Kier molecular flexibility index (Phi) is 5.95. The number of hydrogen-bond acceptors (Lipinski definition) is 4. The van der Waals surface area contributed by atoms with Crippen molar-refractivity contribution >= 4 is 43.6 Å². The summed E-state index contributed by atoms with van der Waals surface area (Å²) in [5.41, 5.74) is 10.8. The van der Waals surface area contributed by atoms with E-state index in [1.165, 1.54) is 24.0 Å². The zero-order chi connectivity index (χ0) is 29.8. The van der Waals surface area contributed by atoms with Gasteiger partial charge in [0.1, 0.15) is 0 Å². The van der Waals surface area contributed by atoms with Crippen LogP contribution in [0.1, 0.15) is 36.8 Å². The third-order valence-corrected chi connectivity index (χ3v) is 9.79. The summed E-state index contributed by atoms with van der Waals surface area (Å²) in [6.45, 7) is 0. The van der Waals surface area contributed by atoms with E-state index in [1.807, 2.05) is 24.5 Å². The molecule has 1 fully saturated rings. The number of pyridine rings is 4. The molecule has 4 aromatic heterocycles. The van der Waals surface area contributed by atoms with Gasteiger partial charge in [0.15, 0.2) is 0 Å². The lowest BCUT2D eigenvalue weighted by Crippen LogP contribution is -2.23. The van der Waals surface area contributed by atoms with Crippen LogP contribution in [0.15, 0.2) is 134 Å². The van der Waals surface area contributed by atoms with Crippen LogP contribution in [0.3, 0.4) is 0 Å². The van der Waals surface area contributed by atoms with E-state index >= 15 is 0 Å². The minimum absolute atomic E-state index is 0.0188. The summed E-state index contributed by atoms with van der Waals surface area (Å²) in [6, 6.07) is 43.5. The standard InChI is InChI=1S/C41H30N4/c1-2-24-41(23-1,33-17-11-27(12-18-33)35-21-15-31-9-7-29-5-3-25-42-37(29)39(31)44-35)34-19-13-28(14-20-34)36-22-16-32-10-8-30-6-4-26-43-38(30)40(32)45-36/h3-22,25-26H,1-2,23-24H2. The minimum Gasteiger partial charge on any atom is -0.254 e. The van der Waals surface area contributed by atoms with Gasteiger partial charge < -0.3 is 0 Å². The quantitative estimate of drug-likeness (QED) is 0.195. The van der Waals surface area contributed by atoms with Gasteiger partial charge in [0.2, 0.25) is 0 Å². The molecule has 0 saturated heterocycles. The van der Waals surface area contributed by atoms with Gasteiger partial charge in [-0.3, -0.25) is 9.97 Å². The van der Waals surface area contributed by atoms with E-state index < -0.39 is 0 Å². The smallest absolute Gasteiger partial charge is 0.0972 e. The van der Waals surface area contributed by atoms with Crippen LogP contribution in [0.2, 0.25) is 0 Å². The molecule has 0 amide bonds. The summed E-state index contributed by atoms with van der Waals surface area (Å²) in [5, 5.41) is 4.44. The van der Waals surface area contributed by atoms with E-state index in [2.05, 4.69) is 119 Å². The maximum absolute atomic E-state index is 5.08. The molecule has 1 aliphatic carbocycles. The maximum atomic E-state index is 5.08. The number of nitrogens with zero attached hydrogens (tertiary/aromatic N) is 4. The third kappa shape index (κ3) is 4.28. The Morgan fingerprint density at radius 2 is 0.800 bits per heavy atom. The molecule has 9 rings (SSSR count). The molecular formula is C41H30N4. The van der Waals surface area contributed by atoms with E-state index in [4.69, 9.17) is 9.97 Å². The van der Waals surface area contributed by atoms with Gasteiger partial charge in [0.05, 0.1) is 33.5 Å². The average molecular weight is 579 g/mol. The fourth-order valence-corrected chi connectivity index (χ4v) is 7.41. The van der Waals surface area contributed by atoms with Crippen molar-refractivity contribution < 1.29 is 0 Å². The third-order valence-electron chi connectivity index (χ3n) is 9.79. The van der Waals surface area contributed by atoms with Crippen LogP contribution in [0.4, 0.5) is 0 Å².